The molecule has 3 N–H and O–H groups in total. The van der Waals surface area contributed by atoms with Gasteiger partial charge < -0.3 is 15.4 Å². The number of aryl methyl sites for hydroxylation is 1. The highest BCUT2D eigenvalue weighted by molar-refractivity contribution is 7.92. The van der Waals surface area contributed by atoms with Gasteiger partial charge in [-0.2, -0.15) is 0 Å². The van der Waals surface area contributed by atoms with Crippen molar-refractivity contribution in [1.82, 2.24) is 5.32 Å². The molecule has 30 heavy (non-hydrogen) atoms. The fraction of sp³-hybridized carbons (Fsp3) is 0.333. The summed E-state index contributed by atoms with van der Waals surface area (Å²) < 4.78 is 30.8. The second kappa shape index (κ2) is 9.27. The Bertz CT molecular complexity index is 1050. The number of anilines is 2. The molecule has 0 radical (unpaired) electrons. The van der Waals surface area contributed by atoms with E-state index in [1.54, 1.807) is 37.3 Å². The molecule has 2 aromatic rings. The number of benzene rings is 2. The van der Waals surface area contributed by atoms with Crippen molar-refractivity contribution in [2.24, 2.45) is 0 Å². The second-order valence-electron chi connectivity index (χ2n) is 7.25. The lowest BCUT2D eigenvalue weighted by Crippen LogP contribution is -2.32. The molecular weight excluding hydrogens is 406 g/mol. The molecule has 1 heterocycles. The van der Waals surface area contributed by atoms with E-state index in [-0.39, 0.29) is 12.0 Å². The Labute approximate surface area is 176 Å². The number of hydrogen-bond donors (Lipinski definition) is 3. The van der Waals surface area contributed by atoms with E-state index in [1.807, 2.05) is 0 Å². The predicted octanol–water partition coefficient (Wildman–Crippen LogP) is 2.53. The van der Waals surface area contributed by atoms with Crippen molar-refractivity contribution in [3.05, 3.63) is 59.2 Å². The largest absolute Gasteiger partial charge is 0.376 e. The first-order valence-electron chi connectivity index (χ1n) is 9.61. The monoisotopic (exact) mass is 431 g/mol. The summed E-state index contributed by atoms with van der Waals surface area (Å²) in [5.41, 5.74) is 2.11. The minimum Gasteiger partial charge on any atom is -0.376 e. The van der Waals surface area contributed by atoms with Gasteiger partial charge in [-0.3, -0.25) is 14.3 Å². The summed E-state index contributed by atoms with van der Waals surface area (Å²) in [4.78, 5) is 25.3. The zero-order valence-electron chi connectivity index (χ0n) is 16.9. The first-order chi connectivity index (χ1) is 14.2. The number of para-hydroxylation sites is 1. The number of ether oxygens (including phenoxy) is 1. The SMILES string of the molecule is Cc1cc(C(=O)Nc2ccccc2C(=O)NC[C@@H]2CCCO2)ccc1NS(C)(=O)=O. The molecule has 0 spiro atoms. The Kier molecular flexibility index (Phi) is 6.73. The fourth-order valence-corrected chi connectivity index (χ4v) is 3.84. The van der Waals surface area contributed by atoms with Crippen LogP contribution in [0.1, 0.15) is 39.1 Å². The maximum Gasteiger partial charge on any atom is 0.255 e. The molecule has 160 valence electrons. The Hall–Kier alpha value is -2.91. The highest BCUT2D eigenvalue weighted by Gasteiger charge is 2.19. The molecule has 0 aliphatic carbocycles. The van der Waals surface area contributed by atoms with Crippen LogP contribution in [-0.4, -0.2) is 45.7 Å². The molecule has 1 fully saturated rings. The molecule has 8 nitrogen and oxygen atoms in total. The zero-order chi connectivity index (χ0) is 21.7. The van der Waals surface area contributed by atoms with Crippen molar-refractivity contribution in [2.45, 2.75) is 25.9 Å². The van der Waals surface area contributed by atoms with Crippen molar-refractivity contribution < 1.29 is 22.7 Å². The molecule has 1 aliphatic heterocycles. The van der Waals surface area contributed by atoms with Gasteiger partial charge in [-0.05, 0) is 55.7 Å². The quantitative estimate of drug-likeness (QED) is 0.623. The first kappa shape index (κ1) is 21.8. The lowest BCUT2D eigenvalue weighted by molar-refractivity contribution is 0.0858. The lowest BCUT2D eigenvalue weighted by Gasteiger charge is -2.14. The van der Waals surface area contributed by atoms with Crippen LogP contribution in [0.4, 0.5) is 11.4 Å². The van der Waals surface area contributed by atoms with Crippen molar-refractivity contribution >= 4 is 33.2 Å². The second-order valence-corrected chi connectivity index (χ2v) is 9.00. The van der Waals surface area contributed by atoms with Gasteiger partial charge in [0.25, 0.3) is 11.8 Å². The Morgan fingerprint density at radius 2 is 1.87 bits per heavy atom. The minimum absolute atomic E-state index is 0.0257. The van der Waals surface area contributed by atoms with Gasteiger partial charge in [0.15, 0.2) is 0 Å². The molecule has 0 aromatic heterocycles. The van der Waals surface area contributed by atoms with Gasteiger partial charge in [0.1, 0.15) is 0 Å². The fourth-order valence-electron chi connectivity index (χ4n) is 3.21. The third-order valence-electron chi connectivity index (χ3n) is 4.72. The summed E-state index contributed by atoms with van der Waals surface area (Å²) >= 11 is 0. The third-order valence-corrected chi connectivity index (χ3v) is 5.31. The minimum atomic E-state index is -3.41. The van der Waals surface area contributed by atoms with E-state index in [9.17, 15) is 18.0 Å². The summed E-state index contributed by atoms with van der Waals surface area (Å²) in [5, 5.41) is 5.61. The van der Waals surface area contributed by atoms with Crippen LogP contribution < -0.4 is 15.4 Å². The van der Waals surface area contributed by atoms with Crippen LogP contribution >= 0.6 is 0 Å². The molecule has 9 heteroatoms. The van der Waals surface area contributed by atoms with Gasteiger partial charge in [-0.1, -0.05) is 12.1 Å². The maximum atomic E-state index is 12.7. The average Bonchev–Trinajstić information content (AvgIpc) is 3.20. The number of hydrogen-bond acceptors (Lipinski definition) is 5. The highest BCUT2D eigenvalue weighted by atomic mass is 32.2. The van der Waals surface area contributed by atoms with Gasteiger partial charge in [-0.15, -0.1) is 0 Å². The van der Waals surface area contributed by atoms with E-state index in [0.717, 1.165) is 19.1 Å². The standard InChI is InChI=1S/C21H25N3O5S/c1-14-12-15(9-10-18(14)24-30(2,27)28)20(25)23-19-8-4-3-7-17(19)21(26)22-13-16-6-5-11-29-16/h3-4,7-10,12,16,24H,5-6,11,13H2,1-2H3,(H,22,26)(H,23,25)/t16-/m0/s1. The van der Waals surface area contributed by atoms with E-state index in [2.05, 4.69) is 15.4 Å². The Morgan fingerprint density at radius 3 is 2.53 bits per heavy atom. The normalized spacial score (nSPS) is 16.1. The third kappa shape index (κ3) is 5.80. The summed E-state index contributed by atoms with van der Waals surface area (Å²) in [6, 6.07) is 11.4. The van der Waals surface area contributed by atoms with Gasteiger partial charge in [0.05, 0.1) is 29.3 Å². The smallest absolute Gasteiger partial charge is 0.255 e. The zero-order valence-corrected chi connectivity index (χ0v) is 17.7. The van der Waals surface area contributed by atoms with E-state index in [4.69, 9.17) is 4.74 Å². The molecule has 0 bridgehead atoms. The summed E-state index contributed by atoms with van der Waals surface area (Å²) in [6.07, 6.45) is 3.00. The number of carbonyl (C=O) groups is 2. The Balaban J connectivity index is 1.71. The molecular formula is C21H25N3O5S. The van der Waals surface area contributed by atoms with Crippen molar-refractivity contribution in [2.75, 3.05) is 29.4 Å². The van der Waals surface area contributed by atoms with Gasteiger partial charge >= 0.3 is 0 Å². The van der Waals surface area contributed by atoms with E-state index in [1.165, 1.54) is 12.1 Å². The molecule has 1 saturated heterocycles. The van der Waals surface area contributed by atoms with Crippen LogP contribution in [0, 0.1) is 6.92 Å². The first-order valence-corrected chi connectivity index (χ1v) is 11.5. The summed E-state index contributed by atoms with van der Waals surface area (Å²) in [5.74, 6) is -0.686. The molecule has 1 atom stereocenters. The molecule has 2 amide bonds. The number of rotatable bonds is 7. The van der Waals surface area contributed by atoms with Crippen molar-refractivity contribution in [3.63, 3.8) is 0 Å². The predicted molar refractivity (Wildman–Crippen MR) is 115 cm³/mol. The summed E-state index contributed by atoms with van der Waals surface area (Å²) in [7, 11) is -3.41. The molecule has 3 rings (SSSR count). The number of carbonyl (C=O) groups excluding carboxylic acids is 2. The van der Waals surface area contributed by atoms with Gasteiger partial charge in [0.2, 0.25) is 10.0 Å². The highest BCUT2D eigenvalue weighted by Crippen LogP contribution is 2.20. The van der Waals surface area contributed by atoms with Gasteiger partial charge in [-0.25, -0.2) is 8.42 Å². The Morgan fingerprint density at radius 1 is 1.10 bits per heavy atom. The van der Waals surface area contributed by atoms with Crippen LogP contribution in [0.5, 0.6) is 0 Å². The molecule has 1 aliphatic rings. The van der Waals surface area contributed by atoms with Crippen LogP contribution in [-0.2, 0) is 14.8 Å². The van der Waals surface area contributed by atoms with Crippen LogP contribution in [0.2, 0.25) is 0 Å². The van der Waals surface area contributed by atoms with E-state index >= 15 is 0 Å². The molecule has 2 aromatic carbocycles. The number of amides is 2. The number of nitrogens with one attached hydrogen (secondary N) is 3. The molecule has 0 saturated carbocycles. The van der Waals surface area contributed by atoms with Crippen molar-refractivity contribution in [3.8, 4) is 0 Å². The van der Waals surface area contributed by atoms with Crippen LogP contribution in [0.25, 0.3) is 0 Å². The van der Waals surface area contributed by atoms with Crippen LogP contribution in [0.3, 0.4) is 0 Å². The molecule has 0 unspecified atom stereocenters. The summed E-state index contributed by atoms with van der Waals surface area (Å²) in [6.45, 7) is 2.84. The topological polar surface area (TPSA) is 114 Å². The van der Waals surface area contributed by atoms with Crippen molar-refractivity contribution in [1.29, 1.82) is 0 Å². The lowest BCUT2D eigenvalue weighted by atomic mass is 10.1. The number of sulfonamides is 1. The van der Waals surface area contributed by atoms with E-state index < -0.39 is 15.9 Å². The maximum absolute atomic E-state index is 12.7. The average molecular weight is 432 g/mol. The van der Waals surface area contributed by atoms with Crippen LogP contribution in [0.15, 0.2) is 42.5 Å². The van der Waals surface area contributed by atoms with E-state index in [0.29, 0.717) is 41.2 Å². The van der Waals surface area contributed by atoms with Gasteiger partial charge in [0, 0.05) is 18.7 Å².